The highest BCUT2D eigenvalue weighted by molar-refractivity contribution is 7.92. The lowest BCUT2D eigenvalue weighted by Crippen LogP contribution is -2.51. The van der Waals surface area contributed by atoms with Crippen molar-refractivity contribution >= 4 is 73.9 Å². The summed E-state index contributed by atoms with van der Waals surface area (Å²) in [5, 5.41) is 3.43. The standard InChI is InChI=1S/C23H27Cl4N3O4S/c1-4-5-10-28-23(32)15(2)29(13-16-8-6-7-9-17(16)24)22(31)14-30(35(3,33)34)21-12-19(26)18(25)11-20(21)27/h6-9,11-12,15H,4-5,10,13-14H2,1-3H3,(H,28,32)/t15-/m1/s1. The van der Waals surface area contributed by atoms with Crippen LogP contribution in [0.2, 0.25) is 20.1 Å². The average Bonchev–Trinajstić information content (AvgIpc) is 2.78. The summed E-state index contributed by atoms with van der Waals surface area (Å²) in [5.74, 6) is -0.993. The third-order valence-corrected chi connectivity index (χ3v) is 7.75. The van der Waals surface area contributed by atoms with Crippen LogP contribution < -0.4 is 9.62 Å². The number of halogens is 4. The van der Waals surface area contributed by atoms with E-state index in [4.69, 9.17) is 46.4 Å². The molecule has 0 spiro atoms. The van der Waals surface area contributed by atoms with E-state index in [9.17, 15) is 18.0 Å². The molecule has 0 unspecified atom stereocenters. The Bertz CT molecular complexity index is 1180. The zero-order chi connectivity index (χ0) is 26.3. The molecule has 12 heteroatoms. The topological polar surface area (TPSA) is 86.8 Å². The SMILES string of the molecule is CCCCNC(=O)[C@@H](C)N(Cc1ccccc1Cl)C(=O)CN(c1cc(Cl)c(Cl)cc1Cl)S(C)(=O)=O. The van der Waals surface area contributed by atoms with Crippen molar-refractivity contribution in [2.45, 2.75) is 39.3 Å². The van der Waals surface area contributed by atoms with Crippen molar-refractivity contribution in [3.8, 4) is 0 Å². The number of hydrogen-bond acceptors (Lipinski definition) is 4. The molecule has 0 radical (unpaired) electrons. The monoisotopic (exact) mass is 581 g/mol. The van der Waals surface area contributed by atoms with Gasteiger partial charge in [0.1, 0.15) is 12.6 Å². The molecule has 0 aliphatic heterocycles. The van der Waals surface area contributed by atoms with Crippen molar-refractivity contribution < 1.29 is 18.0 Å². The Morgan fingerprint density at radius 2 is 1.63 bits per heavy atom. The predicted octanol–water partition coefficient (Wildman–Crippen LogP) is 5.40. The van der Waals surface area contributed by atoms with Crippen LogP contribution in [0.1, 0.15) is 32.3 Å². The summed E-state index contributed by atoms with van der Waals surface area (Å²) in [5.41, 5.74) is 0.601. The number of hydrogen-bond donors (Lipinski definition) is 1. The maximum Gasteiger partial charge on any atom is 0.244 e. The molecule has 0 aliphatic rings. The Hall–Kier alpha value is -1.71. The van der Waals surface area contributed by atoms with Gasteiger partial charge in [-0.25, -0.2) is 8.42 Å². The van der Waals surface area contributed by atoms with Crippen LogP contribution in [0, 0.1) is 0 Å². The van der Waals surface area contributed by atoms with Crippen molar-refractivity contribution in [2.24, 2.45) is 0 Å². The van der Waals surface area contributed by atoms with Crippen LogP contribution in [-0.4, -0.2) is 50.5 Å². The number of benzene rings is 2. The van der Waals surface area contributed by atoms with Crippen molar-refractivity contribution in [3.05, 3.63) is 62.1 Å². The first-order valence-electron chi connectivity index (χ1n) is 10.8. The molecule has 2 aromatic rings. The second kappa shape index (κ2) is 13.0. The van der Waals surface area contributed by atoms with Crippen molar-refractivity contribution in [3.63, 3.8) is 0 Å². The fourth-order valence-electron chi connectivity index (χ4n) is 3.23. The summed E-state index contributed by atoms with van der Waals surface area (Å²) in [6.45, 7) is 3.41. The third kappa shape index (κ3) is 8.15. The Labute approximate surface area is 226 Å². The number of carbonyl (C=O) groups excluding carboxylic acids is 2. The second-order valence-corrected chi connectivity index (χ2v) is 11.5. The minimum Gasteiger partial charge on any atom is -0.354 e. The summed E-state index contributed by atoms with van der Waals surface area (Å²) in [6.07, 6.45) is 2.62. The summed E-state index contributed by atoms with van der Waals surface area (Å²) in [6, 6.07) is 8.58. The lowest BCUT2D eigenvalue weighted by Gasteiger charge is -2.32. The first kappa shape index (κ1) is 29.5. The molecule has 2 aromatic carbocycles. The molecule has 0 fully saturated rings. The zero-order valence-corrected chi connectivity index (χ0v) is 23.4. The normalized spacial score (nSPS) is 12.2. The number of nitrogens with zero attached hydrogens (tertiary/aromatic N) is 2. The van der Waals surface area contributed by atoms with Gasteiger partial charge in [-0.3, -0.25) is 13.9 Å². The van der Waals surface area contributed by atoms with Gasteiger partial charge >= 0.3 is 0 Å². The molecule has 0 aromatic heterocycles. The summed E-state index contributed by atoms with van der Waals surface area (Å²) >= 11 is 24.6. The molecule has 0 aliphatic carbocycles. The number of nitrogens with one attached hydrogen (secondary N) is 1. The highest BCUT2D eigenvalue weighted by Gasteiger charge is 2.31. The molecule has 1 N–H and O–H groups in total. The lowest BCUT2D eigenvalue weighted by atomic mass is 10.1. The molecule has 1 atom stereocenters. The Morgan fingerprint density at radius 1 is 1.00 bits per heavy atom. The van der Waals surface area contributed by atoms with Crippen LogP contribution >= 0.6 is 46.4 Å². The number of amides is 2. The lowest BCUT2D eigenvalue weighted by molar-refractivity contribution is -0.139. The van der Waals surface area contributed by atoms with Crippen LogP contribution in [-0.2, 0) is 26.2 Å². The van der Waals surface area contributed by atoms with Crippen LogP contribution in [0.15, 0.2) is 36.4 Å². The molecule has 0 saturated heterocycles. The smallest absolute Gasteiger partial charge is 0.244 e. The number of carbonyl (C=O) groups is 2. The second-order valence-electron chi connectivity index (χ2n) is 7.92. The van der Waals surface area contributed by atoms with Crippen LogP contribution in [0.4, 0.5) is 5.69 Å². The summed E-state index contributed by atoms with van der Waals surface area (Å²) in [7, 11) is -3.97. The molecule has 192 valence electrons. The number of sulfonamides is 1. The third-order valence-electron chi connectivity index (χ3n) is 5.23. The largest absolute Gasteiger partial charge is 0.354 e. The molecular formula is C23H27Cl4N3O4S. The highest BCUT2D eigenvalue weighted by Crippen LogP contribution is 2.35. The van der Waals surface area contributed by atoms with Gasteiger partial charge in [-0.05, 0) is 37.1 Å². The molecule has 2 rings (SSSR count). The number of anilines is 1. The quantitative estimate of drug-likeness (QED) is 0.284. The van der Waals surface area contributed by atoms with Gasteiger partial charge in [0, 0.05) is 18.1 Å². The maximum atomic E-state index is 13.5. The van der Waals surface area contributed by atoms with Gasteiger partial charge in [-0.1, -0.05) is 77.9 Å². The number of rotatable bonds is 11. The molecular weight excluding hydrogens is 556 g/mol. The van der Waals surface area contributed by atoms with E-state index in [1.807, 2.05) is 6.92 Å². The molecule has 2 amide bonds. The van der Waals surface area contributed by atoms with E-state index >= 15 is 0 Å². The molecule has 0 saturated carbocycles. The van der Waals surface area contributed by atoms with Crippen molar-refractivity contribution in [2.75, 3.05) is 23.7 Å². The summed E-state index contributed by atoms with van der Waals surface area (Å²) in [4.78, 5) is 27.6. The Balaban J connectivity index is 2.43. The van der Waals surface area contributed by atoms with Crippen molar-refractivity contribution in [1.29, 1.82) is 0 Å². The fraction of sp³-hybridized carbons (Fsp3) is 0.391. The fourth-order valence-corrected chi connectivity index (χ4v) is 4.97. The summed E-state index contributed by atoms with van der Waals surface area (Å²) < 4.78 is 26.1. The van der Waals surface area contributed by atoms with E-state index in [0.29, 0.717) is 17.1 Å². The van der Waals surface area contributed by atoms with Gasteiger partial charge in [0.15, 0.2) is 0 Å². The minimum atomic E-state index is -3.97. The van der Waals surface area contributed by atoms with Crippen LogP contribution in [0.3, 0.4) is 0 Å². The zero-order valence-electron chi connectivity index (χ0n) is 19.5. The molecule has 35 heavy (non-hydrogen) atoms. The van der Waals surface area contributed by atoms with E-state index in [1.54, 1.807) is 31.2 Å². The van der Waals surface area contributed by atoms with Gasteiger partial charge in [-0.15, -0.1) is 0 Å². The number of unbranched alkanes of at least 4 members (excludes halogenated alkanes) is 1. The van der Waals surface area contributed by atoms with E-state index in [1.165, 1.54) is 17.0 Å². The van der Waals surface area contributed by atoms with Gasteiger partial charge in [0.05, 0.1) is 27.0 Å². The van der Waals surface area contributed by atoms with E-state index in [2.05, 4.69) is 5.32 Å². The first-order valence-corrected chi connectivity index (χ1v) is 14.2. The Morgan fingerprint density at radius 3 is 2.23 bits per heavy atom. The highest BCUT2D eigenvalue weighted by atomic mass is 35.5. The molecule has 0 bridgehead atoms. The van der Waals surface area contributed by atoms with E-state index in [-0.39, 0.29) is 33.2 Å². The van der Waals surface area contributed by atoms with Crippen LogP contribution in [0.5, 0.6) is 0 Å². The van der Waals surface area contributed by atoms with Gasteiger partial charge < -0.3 is 10.2 Å². The predicted molar refractivity (Wildman–Crippen MR) is 143 cm³/mol. The Kier molecular flexibility index (Phi) is 11.0. The molecule has 0 heterocycles. The van der Waals surface area contributed by atoms with E-state index in [0.717, 1.165) is 23.4 Å². The average molecular weight is 583 g/mol. The van der Waals surface area contributed by atoms with E-state index < -0.39 is 28.5 Å². The minimum absolute atomic E-state index is 0.000589. The molecule has 7 nitrogen and oxygen atoms in total. The maximum absolute atomic E-state index is 13.5. The van der Waals surface area contributed by atoms with Gasteiger partial charge in [0.2, 0.25) is 21.8 Å². The van der Waals surface area contributed by atoms with Crippen molar-refractivity contribution in [1.82, 2.24) is 10.2 Å². The van der Waals surface area contributed by atoms with Crippen LogP contribution in [0.25, 0.3) is 0 Å². The van der Waals surface area contributed by atoms with Gasteiger partial charge in [0.25, 0.3) is 0 Å². The van der Waals surface area contributed by atoms with Gasteiger partial charge in [-0.2, -0.15) is 0 Å². The first-order chi connectivity index (χ1) is 16.4.